The summed E-state index contributed by atoms with van der Waals surface area (Å²) in [5.74, 6) is 0.0448. The molecule has 0 amide bonds. The predicted octanol–water partition coefficient (Wildman–Crippen LogP) is 3.19. The van der Waals surface area contributed by atoms with Crippen molar-refractivity contribution in [1.29, 1.82) is 0 Å². The Bertz CT molecular complexity index is 466. The number of aryl methyl sites for hydroxylation is 1. The third kappa shape index (κ3) is 3.95. The summed E-state index contributed by atoms with van der Waals surface area (Å²) < 4.78 is 19.9. The summed E-state index contributed by atoms with van der Waals surface area (Å²) >= 11 is 0. The first-order valence-electron chi connectivity index (χ1n) is 7.88. The lowest BCUT2D eigenvalue weighted by molar-refractivity contribution is 0.0492. The van der Waals surface area contributed by atoms with E-state index in [1.54, 1.807) is 19.1 Å². The SMILES string of the molecule is CCCNC1(CO)CCCC(Oc2cccc(C)c2F)C1. The van der Waals surface area contributed by atoms with Gasteiger partial charge in [0.1, 0.15) is 6.10 Å². The summed E-state index contributed by atoms with van der Waals surface area (Å²) in [7, 11) is 0. The van der Waals surface area contributed by atoms with Gasteiger partial charge in [-0.2, -0.15) is 0 Å². The van der Waals surface area contributed by atoms with E-state index in [1.807, 2.05) is 6.07 Å². The molecular weight excluding hydrogens is 269 g/mol. The number of halogens is 1. The highest BCUT2D eigenvalue weighted by atomic mass is 19.1. The van der Waals surface area contributed by atoms with Crippen LogP contribution < -0.4 is 10.1 Å². The minimum atomic E-state index is -0.279. The maximum atomic E-state index is 14.0. The van der Waals surface area contributed by atoms with Gasteiger partial charge in [0.2, 0.25) is 0 Å². The van der Waals surface area contributed by atoms with E-state index < -0.39 is 0 Å². The van der Waals surface area contributed by atoms with Crippen LogP contribution in [0.3, 0.4) is 0 Å². The molecule has 1 aliphatic carbocycles. The first-order valence-corrected chi connectivity index (χ1v) is 7.88. The van der Waals surface area contributed by atoms with Gasteiger partial charge in [-0.25, -0.2) is 4.39 Å². The fourth-order valence-electron chi connectivity index (χ4n) is 3.05. The molecule has 2 N–H and O–H groups in total. The highest BCUT2D eigenvalue weighted by molar-refractivity contribution is 5.30. The molecular formula is C17H26FNO2. The van der Waals surface area contributed by atoms with Gasteiger partial charge in [0, 0.05) is 12.0 Å². The number of nitrogens with one attached hydrogen (secondary N) is 1. The summed E-state index contributed by atoms with van der Waals surface area (Å²) in [6, 6.07) is 5.23. The normalized spacial score (nSPS) is 25.8. The van der Waals surface area contributed by atoms with E-state index >= 15 is 0 Å². The second-order valence-corrected chi connectivity index (χ2v) is 6.09. The lowest BCUT2D eigenvalue weighted by Crippen LogP contribution is -2.53. The van der Waals surface area contributed by atoms with Crippen LogP contribution in [-0.2, 0) is 0 Å². The zero-order valence-corrected chi connectivity index (χ0v) is 13.0. The number of aliphatic hydroxyl groups is 1. The maximum Gasteiger partial charge on any atom is 0.167 e. The summed E-state index contributed by atoms with van der Waals surface area (Å²) in [4.78, 5) is 0. The summed E-state index contributed by atoms with van der Waals surface area (Å²) in [6.07, 6.45) is 4.53. The Morgan fingerprint density at radius 3 is 3.00 bits per heavy atom. The Hall–Kier alpha value is -1.13. The number of ether oxygens (including phenoxy) is 1. The molecule has 4 heteroatoms. The van der Waals surface area contributed by atoms with Crippen LogP contribution in [-0.4, -0.2) is 29.9 Å². The van der Waals surface area contributed by atoms with E-state index in [1.165, 1.54) is 0 Å². The quantitative estimate of drug-likeness (QED) is 0.847. The van der Waals surface area contributed by atoms with Crippen molar-refractivity contribution in [2.75, 3.05) is 13.2 Å². The Morgan fingerprint density at radius 1 is 1.48 bits per heavy atom. The molecule has 1 aliphatic rings. The van der Waals surface area contributed by atoms with E-state index in [2.05, 4.69) is 12.2 Å². The van der Waals surface area contributed by atoms with Gasteiger partial charge in [0.25, 0.3) is 0 Å². The van der Waals surface area contributed by atoms with Crippen LogP contribution in [0.15, 0.2) is 18.2 Å². The summed E-state index contributed by atoms with van der Waals surface area (Å²) in [6.45, 7) is 4.83. The highest BCUT2D eigenvalue weighted by Gasteiger charge is 2.36. The standard InChI is InChI=1S/C17H26FNO2/c1-3-10-19-17(12-20)9-5-7-14(11-17)21-15-8-4-6-13(2)16(15)18/h4,6,8,14,19-20H,3,5,7,9-12H2,1-2H3. The summed E-state index contributed by atoms with van der Waals surface area (Å²) in [5.41, 5.74) is 0.319. The third-order valence-corrected chi connectivity index (χ3v) is 4.30. The van der Waals surface area contributed by atoms with Crippen molar-refractivity contribution in [3.63, 3.8) is 0 Å². The molecule has 0 spiro atoms. The molecule has 1 saturated carbocycles. The van der Waals surface area contributed by atoms with Crippen LogP contribution in [0.4, 0.5) is 4.39 Å². The molecule has 0 saturated heterocycles. The van der Waals surface area contributed by atoms with Crippen LogP contribution in [0.5, 0.6) is 5.75 Å². The minimum absolute atomic E-state index is 0.0495. The van der Waals surface area contributed by atoms with Crippen molar-refractivity contribution in [1.82, 2.24) is 5.32 Å². The van der Waals surface area contributed by atoms with Gasteiger partial charge in [-0.15, -0.1) is 0 Å². The molecule has 0 aromatic heterocycles. The van der Waals surface area contributed by atoms with E-state index in [0.29, 0.717) is 11.3 Å². The number of aliphatic hydroxyl groups excluding tert-OH is 1. The van der Waals surface area contributed by atoms with Gasteiger partial charge < -0.3 is 15.2 Å². The first kappa shape index (κ1) is 16.2. The van der Waals surface area contributed by atoms with Gasteiger partial charge in [-0.3, -0.25) is 0 Å². The Balaban J connectivity index is 2.05. The van der Waals surface area contributed by atoms with Crippen LogP contribution in [0.25, 0.3) is 0 Å². The highest BCUT2D eigenvalue weighted by Crippen LogP contribution is 2.32. The minimum Gasteiger partial charge on any atom is -0.487 e. The Morgan fingerprint density at radius 2 is 2.29 bits per heavy atom. The van der Waals surface area contributed by atoms with Crippen molar-refractivity contribution in [3.8, 4) is 5.75 Å². The van der Waals surface area contributed by atoms with Crippen LogP contribution in [0.1, 0.15) is 44.6 Å². The molecule has 0 radical (unpaired) electrons. The number of benzene rings is 1. The number of hydrogen-bond donors (Lipinski definition) is 2. The first-order chi connectivity index (χ1) is 10.1. The van der Waals surface area contributed by atoms with Crippen LogP contribution >= 0.6 is 0 Å². The molecule has 1 fully saturated rings. The van der Waals surface area contributed by atoms with Crippen LogP contribution in [0, 0.1) is 12.7 Å². The fourth-order valence-corrected chi connectivity index (χ4v) is 3.05. The fraction of sp³-hybridized carbons (Fsp3) is 0.647. The van der Waals surface area contributed by atoms with Crippen molar-refractivity contribution in [2.24, 2.45) is 0 Å². The second-order valence-electron chi connectivity index (χ2n) is 6.09. The van der Waals surface area contributed by atoms with Crippen molar-refractivity contribution in [2.45, 2.75) is 57.6 Å². The van der Waals surface area contributed by atoms with Gasteiger partial charge >= 0.3 is 0 Å². The molecule has 2 atom stereocenters. The Kier molecular flexibility index (Phi) is 5.59. The lowest BCUT2D eigenvalue weighted by Gasteiger charge is -2.40. The molecule has 2 rings (SSSR count). The molecule has 2 unspecified atom stereocenters. The predicted molar refractivity (Wildman–Crippen MR) is 82.1 cm³/mol. The van der Waals surface area contributed by atoms with Gasteiger partial charge in [-0.05, 0) is 50.8 Å². The molecule has 1 aromatic rings. The topological polar surface area (TPSA) is 41.5 Å². The van der Waals surface area contributed by atoms with Gasteiger partial charge in [-0.1, -0.05) is 19.1 Å². The second kappa shape index (κ2) is 7.23. The van der Waals surface area contributed by atoms with E-state index in [0.717, 1.165) is 38.6 Å². The Labute approximate surface area is 126 Å². The lowest BCUT2D eigenvalue weighted by atomic mass is 9.80. The van der Waals surface area contributed by atoms with Crippen LogP contribution in [0.2, 0.25) is 0 Å². The molecule has 21 heavy (non-hydrogen) atoms. The molecule has 1 aromatic carbocycles. The average Bonchev–Trinajstić information content (AvgIpc) is 2.50. The smallest absolute Gasteiger partial charge is 0.167 e. The molecule has 0 heterocycles. The van der Waals surface area contributed by atoms with Crippen molar-refractivity contribution >= 4 is 0 Å². The summed E-state index contributed by atoms with van der Waals surface area (Å²) in [5, 5.41) is 13.2. The zero-order valence-electron chi connectivity index (χ0n) is 13.0. The average molecular weight is 295 g/mol. The monoisotopic (exact) mass is 295 g/mol. The maximum absolute atomic E-state index is 14.0. The van der Waals surface area contributed by atoms with E-state index in [-0.39, 0.29) is 24.1 Å². The van der Waals surface area contributed by atoms with E-state index in [9.17, 15) is 9.50 Å². The molecule has 118 valence electrons. The van der Waals surface area contributed by atoms with E-state index in [4.69, 9.17) is 4.74 Å². The van der Waals surface area contributed by atoms with Crippen molar-refractivity contribution in [3.05, 3.63) is 29.6 Å². The number of rotatable bonds is 6. The molecule has 0 aliphatic heterocycles. The van der Waals surface area contributed by atoms with Gasteiger partial charge in [0.15, 0.2) is 11.6 Å². The molecule has 3 nitrogen and oxygen atoms in total. The third-order valence-electron chi connectivity index (χ3n) is 4.30. The molecule has 0 bridgehead atoms. The van der Waals surface area contributed by atoms with Crippen molar-refractivity contribution < 1.29 is 14.2 Å². The number of hydrogen-bond acceptors (Lipinski definition) is 3. The zero-order chi connectivity index (χ0) is 15.3. The van der Waals surface area contributed by atoms with Gasteiger partial charge in [0.05, 0.1) is 6.61 Å². The largest absolute Gasteiger partial charge is 0.487 e.